The van der Waals surface area contributed by atoms with Gasteiger partial charge in [0.1, 0.15) is 5.52 Å². The second-order valence-corrected chi connectivity index (χ2v) is 9.27. The molecule has 1 fully saturated rings. The molecule has 4 aromatic rings. The van der Waals surface area contributed by atoms with Gasteiger partial charge in [-0.2, -0.15) is 23.1 Å². The van der Waals surface area contributed by atoms with E-state index in [9.17, 15) is 18.0 Å². The molecule has 1 saturated heterocycles. The number of piperidine rings is 1. The summed E-state index contributed by atoms with van der Waals surface area (Å²) in [6.07, 6.45) is -3.31. The predicted octanol–water partition coefficient (Wildman–Crippen LogP) is 5.32. The average Bonchev–Trinajstić information content (AvgIpc) is 3.59. The van der Waals surface area contributed by atoms with E-state index in [2.05, 4.69) is 10.3 Å². The number of nitriles is 1. The van der Waals surface area contributed by atoms with Crippen molar-refractivity contribution >= 4 is 28.4 Å². The number of hydrogen-bond acceptors (Lipinski definition) is 7. The van der Waals surface area contributed by atoms with Crippen molar-refractivity contribution in [3.63, 3.8) is 0 Å². The van der Waals surface area contributed by atoms with Gasteiger partial charge in [-0.25, -0.2) is 4.79 Å². The first-order valence-corrected chi connectivity index (χ1v) is 12.2. The molecule has 0 bridgehead atoms. The highest BCUT2D eigenvalue weighted by atomic mass is 19.4. The molecule has 198 valence electrons. The quantitative estimate of drug-likeness (QED) is 0.351. The number of halogens is 3. The highest BCUT2D eigenvalue weighted by Gasteiger charge is 2.33. The Morgan fingerprint density at radius 3 is 2.41 bits per heavy atom. The molecule has 2 aliphatic rings. The Morgan fingerprint density at radius 1 is 0.974 bits per heavy atom. The minimum Gasteiger partial charge on any atom is -0.454 e. The molecule has 3 aromatic carbocycles. The first-order valence-electron chi connectivity index (χ1n) is 12.2. The lowest BCUT2D eigenvalue weighted by Crippen LogP contribution is -2.47. The van der Waals surface area contributed by atoms with Crippen LogP contribution in [0.15, 0.2) is 60.7 Å². The number of rotatable bonds is 3. The average molecular weight is 534 g/mol. The highest BCUT2D eigenvalue weighted by Crippen LogP contribution is 2.40. The SMILES string of the molecule is N#Cc1ccc2c(c1)nnn2C(=O)N1CCC(N(c2ccc(C(F)(F)F)cc2)c2ccc3c(c2)OCO3)CC1. The van der Waals surface area contributed by atoms with Crippen LogP contribution in [-0.2, 0) is 6.18 Å². The lowest BCUT2D eigenvalue weighted by molar-refractivity contribution is -0.137. The molecule has 3 heterocycles. The number of likely N-dealkylation sites (tertiary alicyclic amines) is 1. The number of carbonyl (C=O) groups excluding carboxylic acids is 1. The zero-order chi connectivity index (χ0) is 27.1. The van der Waals surface area contributed by atoms with Crippen LogP contribution in [0.2, 0.25) is 0 Å². The number of nitrogens with zero attached hydrogens (tertiary/aromatic N) is 6. The Labute approximate surface area is 220 Å². The van der Waals surface area contributed by atoms with Gasteiger partial charge in [0.2, 0.25) is 6.79 Å². The van der Waals surface area contributed by atoms with Gasteiger partial charge >= 0.3 is 12.2 Å². The summed E-state index contributed by atoms with van der Waals surface area (Å²) in [5.74, 6) is 1.17. The van der Waals surface area contributed by atoms with Crippen LogP contribution in [-0.4, -0.2) is 51.8 Å². The van der Waals surface area contributed by atoms with Gasteiger partial charge in [0.15, 0.2) is 11.5 Å². The fraction of sp³-hybridized carbons (Fsp3) is 0.259. The van der Waals surface area contributed by atoms with Gasteiger partial charge in [0, 0.05) is 36.6 Å². The lowest BCUT2D eigenvalue weighted by atomic mass is 10.0. The summed E-state index contributed by atoms with van der Waals surface area (Å²) in [5, 5.41) is 17.1. The fourth-order valence-corrected chi connectivity index (χ4v) is 5.00. The minimum atomic E-state index is -4.44. The molecular formula is C27H21F3N6O3. The number of carbonyl (C=O) groups is 1. The van der Waals surface area contributed by atoms with Crippen molar-refractivity contribution in [2.45, 2.75) is 25.1 Å². The molecule has 39 heavy (non-hydrogen) atoms. The normalized spacial score (nSPS) is 15.4. The minimum absolute atomic E-state index is 0.100. The first-order chi connectivity index (χ1) is 18.8. The number of alkyl halides is 3. The molecule has 0 atom stereocenters. The number of fused-ring (bicyclic) bond motifs is 2. The lowest BCUT2D eigenvalue weighted by Gasteiger charge is -2.39. The summed E-state index contributed by atoms with van der Waals surface area (Å²) >= 11 is 0. The zero-order valence-electron chi connectivity index (χ0n) is 20.4. The zero-order valence-corrected chi connectivity index (χ0v) is 20.4. The third-order valence-electron chi connectivity index (χ3n) is 6.96. The summed E-state index contributed by atoms with van der Waals surface area (Å²) in [7, 11) is 0. The maximum atomic E-state index is 13.3. The Morgan fingerprint density at radius 2 is 1.69 bits per heavy atom. The first kappa shape index (κ1) is 24.5. The Hall–Kier alpha value is -4.79. The van der Waals surface area contributed by atoms with Crippen molar-refractivity contribution < 1.29 is 27.4 Å². The smallest absolute Gasteiger partial charge is 0.416 e. The molecule has 6 rings (SSSR count). The molecule has 0 radical (unpaired) electrons. The molecule has 0 spiro atoms. The third kappa shape index (κ3) is 4.56. The molecule has 0 unspecified atom stereocenters. The Bertz CT molecular complexity index is 1590. The van der Waals surface area contributed by atoms with Gasteiger partial charge in [-0.1, -0.05) is 5.21 Å². The number of anilines is 2. The van der Waals surface area contributed by atoms with E-state index in [-0.39, 0.29) is 18.9 Å². The topological polar surface area (TPSA) is 96.5 Å². The molecular weight excluding hydrogens is 513 g/mol. The summed E-state index contributed by atoms with van der Waals surface area (Å²) in [4.78, 5) is 16.9. The van der Waals surface area contributed by atoms with Crippen molar-refractivity contribution in [2.75, 3.05) is 24.8 Å². The third-order valence-corrected chi connectivity index (χ3v) is 6.96. The van der Waals surface area contributed by atoms with Gasteiger partial charge in [-0.15, -0.1) is 5.10 Å². The van der Waals surface area contributed by atoms with Gasteiger partial charge < -0.3 is 19.3 Å². The number of amides is 1. The number of aromatic nitrogens is 3. The Kier molecular flexibility index (Phi) is 5.98. The van der Waals surface area contributed by atoms with Crippen molar-refractivity contribution in [1.82, 2.24) is 19.9 Å². The number of ether oxygens (including phenoxy) is 2. The summed E-state index contributed by atoms with van der Waals surface area (Å²) < 4.78 is 51.8. The number of hydrogen-bond donors (Lipinski definition) is 0. The van der Waals surface area contributed by atoms with Crippen LogP contribution < -0.4 is 14.4 Å². The summed E-state index contributed by atoms with van der Waals surface area (Å²) in [6.45, 7) is 0.917. The van der Waals surface area contributed by atoms with Gasteiger partial charge in [0.05, 0.1) is 22.7 Å². The van der Waals surface area contributed by atoms with E-state index >= 15 is 0 Å². The maximum Gasteiger partial charge on any atom is 0.416 e. The van der Waals surface area contributed by atoms with Gasteiger partial charge in [-0.3, -0.25) is 0 Å². The van der Waals surface area contributed by atoms with Crippen molar-refractivity contribution in [3.8, 4) is 17.6 Å². The van der Waals surface area contributed by atoms with Gasteiger partial charge in [-0.05, 0) is 67.4 Å². The molecule has 1 aromatic heterocycles. The van der Waals surface area contributed by atoms with Crippen LogP contribution in [0.25, 0.3) is 11.0 Å². The largest absolute Gasteiger partial charge is 0.454 e. The van der Waals surface area contributed by atoms with E-state index in [1.54, 1.807) is 29.2 Å². The van der Waals surface area contributed by atoms with E-state index < -0.39 is 11.7 Å². The monoisotopic (exact) mass is 534 g/mol. The van der Waals surface area contributed by atoms with E-state index in [1.165, 1.54) is 16.8 Å². The molecule has 0 N–H and O–H groups in total. The van der Waals surface area contributed by atoms with Gasteiger partial charge in [0.25, 0.3) is 0 Å². The molecule has 0 saturated carbocycles. The van der Waals surface area contributed by atoms with Crippen LogP contribution in [0.5, 0.6) is 11.5 Å². The van der Waals surface area contributed by atoms with Crippen LogP contribution in [0.3, 0.4) is 0 Å². The summed E-state index contributed by atoms with van der Waals surface area (Å²) in [6, 6.07) is 16.9. The standard InChI is InChI=1S/C27H21F3N6O3/c28-27(29,30)18-2-4-19(5-3-18)35(21-6-8-24-25(14-21)39-16-38-24)20-9-11-34(12-10-20)26(37)36-23-7-1-17(15-31)13-22(23)32-33-36/h1-8,13-14,20H,9-12,16H2. The molecule has 0 aliphatic carbocycles. The number of benzene rings is 3. The summed E-state index contributed by atoms with van der Waals surface area (Å²) in [5.41, 5.74) is 2.01. The van der Waals surface area contributed by atoms with E-state index in [4.69, 9.17) is 14.7 Å². The van der Waals surface area contributed by atoms with Crippen molar-refractivity contribution in [2.24, 2.45) is 0 Å². The highest BCUT2D eigenvalue weighted by molar-refractivity contribution is 5.88. The molecule has 2 aliphatic heterocycles. The van der Waals surface area contributed by atoms with Crippen LogP contribution in [0.1, 0.15) is 24.0 Å². The Balaban J connectivity index is 1.25. The van der Waals surface area contributed by atoms with Crippen LogP contribution in [0, 0.1) is 11.3 Å². The predicted molar refractivity (Wildman–Crippen MR) is 134 cm³/mol. The second kappa shape index (κ2) is 9.50. The fourth-order valence-electron chi connectivity index (χ4n) is 5.00. The molecule has 1 amide bonds. The van der Waals surface area contributed by atoms with Crippen LogP contribution in [0.4, 0.5) is 29.3 Å². The maximum absolute atomic E-state index is 13.3. The van der Waals surface area contributed by atoms with Crippen molar-refractivity contribution in [1.29, 1.82) is 5.26 Å². The van der Waals surface area contributed by atoms with E-state index in [1.807, 2.05) is 23.1 Å². The van der Waals surface area contributed by atoms with E-state index in [0.29, 0.717) is 59.7 Å². The van der Waals surface area contributed by atoms with Crippen LogP contribution >= 0.6 is 0 Å². The van der Waals surface area contributed by atoms with E-state index in [0.717, 1.165) is 17.8 Å². The molecule has 9 nitrogen and oxygen atoms in total. The second-order valence-electron chi connectivity index (χ2n) is 9.27. The molecule has 12 heteroatoms. The van der Waals surface area contributed by atoms with Crippen molar-refractivity contribution in [3.05, 3.63) is 71.8 Å².